The molecule has 0 spiro atoms. The van der Waals surface area contributed by atoms with Gasteiger partial charge in [0.25, 0.3) is 0 Å². The molecule has 0 N–H and O–H groups in total. The Morgan fingerprint density at radius 1 is 1.12 bits per heavy atom. The smallest absolute Gasteiger partial charge is 0.311 e. The second-order valence-electron chi connectivity index (χ2n) is 0.417. The van der Waals surface area contributed by atoms with Crippen molar-refractivity contribution in [1.82, 2.24) is 0 Å². The van der Waals surface area contributed by atoms with Crippen LogP contribution in [-0.4, -0.2) is 0 Å². The van der Waals surface area contributed by atoms with Crippen molar-refractivity contribution in [3.63, 3.8) is 0 Å². The first kappa shape index (κ1) is 10.4. The SMILES string of the molecule is N#COSOC#N.[Cu]. The fourth-order valence-electron chi connectivity index (χ4n) is 0.0474. The molecule has 0 unspecified atom stereocenters. The molecule has 0 bridgehead atoms. The molecule has 0 fully saturated rings. The molecule has 4 nitrogen and oxygen atoms in total. The van der Waals surface area contributed by atoms with Crippen LogP contribution in [0, 0.1) is 23.0 Å². The molecule has 0 heterocycles. The van der Waals surface area contributed by atoms with E-state index in [1.165, 1.54) is 12.5 Å². The van der Waals surface area contributed by atoms with E-state index in [1.807, 2.05) is 0 Å². The van der Waals surface area contributed by atoms with E-state index in [1.54, 1.807) is 0 Å². The molecule has 0 rings (SSSR count). The zero-order valence-electron chi connectivity index (χ0n) is 3.42. The van der Waals surface area contributed by atoms with E-state index >= 15 is 0 Å². The van der Waals surface area contributed by atoms with Crippen LogP contribution in [0.3, 0.4) is 0 Å². The van der Waals surface area contributed by atoms with Crippen molar-refractivity contribution in [3.05, 3.63) is 0 Å². The summed E-state index contributed by atoms with van der Waals surface area (Å²) in [5.74, 6) is 0. The van der Waals surface area contributed by atoms with Crippen LogP contribution in [0.5, 0.6) is 0 Å². The van der Waals surface area contributed by atoms with Crippen LogP contribution in [-0.2, 0) is 25.4 Å². The van der Waals surface area contributed by atoms with Crippen molar-refractivity contribution in [2.75, 3.05) is 0 Å². The second-order valence-corrected chi connectivity index (χ2v) is 0.887. The molecule has 0 aromatic carbocycles. The van der Waals surface area contributed by atoms with Gasteiger partial charge in [-0.25, -0.2) is 0 Å². The fraction of sp³-hybridized carbons (Fsp3) is 0. The maximum Gasteiger partial charge on any atom is 0.316 e. The van der Waals surface area contributed by atoms with Crippen LogP contribution in [0.2, 0.25) is 0 Å². The Morgan fingerprint density at radius 2 is 1.50 bits per heavy atom. The van der Waals surface area contributed by atoms with Crippen LogP contribution < -0.4 is 0 Å². The van der Waals surface area contributed by atoms with Gasteiger partial charge in [0.1, 0.15) is 0 Å². The Labute approximate surface area is 61.3 Å². The molecule has 1 radical (unpaired) electrons. The maximum absolute atomic E-state index is 7.61. The number of nitriles is 2. The van der Waals surface area contributed by atoms with E-state index in [-0.39, 0.29) is 17.1 Å². The summed E-state index contributed by atoms with van der Waals surface area (Å²) in [6, 6.07) is 0. The predicted molar refractivity (Wildman–Crippen MR) is 21.0 cm³/mol. The minimum absolute atomic E-state index is 0. The summed E-state index contributed by atoms with van der Waals surface area (Å²) in [5.41, 5.74) is 0. The zero-order valence-corrected chi connectivity index (χ0v) is 5.18. The normalized spacial score (nSPS) is 4.75. The Balaban J connectivity index is 0. The first-order chi connectivity index (χ1) is 3.41. The Hall–Kier alpha value is -0.551. The third-order valence-corrected chi connectivity index (χ3v) is 0.428. The van der Waals surface area contributed by atoms with Gasteiger partial charge in [-0.1, -0.05) is 0 Å². The van der Waals surface area contributed by atoms with Gasteiger partial charge in [-0.15, -0.1) is 10.5 Å². The summed E-state index contributed by atoms with van der Waals surface area (Å²) < 4.78 is 7.70. The minimum Gasteiger partial charge on any atom is -0.311 e. The molecule has 0 saturated carbocycles. The molecule has 47 valence electrons. The molecular weight excluding hydrogens is 180 g/mol. The monoisotopic (exact) mass is 179 g/mol. The van der Waals surface area contributed by atoms with Crippen molar-refractivity contribution < 1.29 is 25.4 Å². The van der Waals surface area contributed by atoms with E-state index in [0.717, 1.165) is 0 Å². The summed E-state index contributed by atoms with van der Waals surface area (Å²) in [5, 5.41) is 15.2. The summed E-state index contributed by atoms with van der Waals surface area (Å²) in [6.45, 7) is 0. The van der Waals surface area contributed by atoms with Crippen molar-refractivity contribution in [1.29, 1.82) is 10.5 Å². The molecular formula is C2CuN2O2S. The van der Waals surface area contributed by atoms with E-state index in [2.05, 4.69) is 8.37 Å². The molecule has 0 aromatic rings. The first-order valence-corrected chi connectivity index (χ1v) is 1.86. The van der Waals surface area contributed by atoms with Crippen molar-refractivity contribution >= 4 is 12.3 Å². The molecule has 0 aliphatic rings. The van der Waals surface area contributed by atoms with Gasteiger partial charge in [-0.2, -0.15) is 0 Å². The Bertz CT molecular complexity index is 102. The molecule has 6 heteroatoms. The number of hydrogen-bond acceptors (Lipinski definition) is 5. The van der Waals surface area contributed by atoms with Gasteiger partial charge in [-0.3, -0.25) is 0 Å². The molecule has 0 saturated heterocycles. The van der Waals surface area contributed by atoms with E-state index in [9.17, 15) is 0 Å². The van der Waals surface area contributed by atoms with Crippen molar-refractivity contribution in [2.24, 2.45) is 0 Å². The van der Waals surface area contributed by atoms with Crippen LogP contribution in [0.1, 0.15) is 0 Å². The van der Waals surface area contributed by atoms with Gasteiger partial charge in [0.2, 0.25) is 0 Å². The van der Waals surface area contributed by atoms with Gasteiger partial charge in [0.15, 0.2) is 0 Å². The topological polar surface area (TPSA) is 66.0 Å². The fourth-order valence-corrected chi connectivity index (χ4v) is 0.142. The van der Waals surface area contributed by atoms with Crippen LogP contribution >= 0.6 is 12.3 Å². The van der Waals surface area contributed by atoms with Gasteiger partial charge in [0.05, 0.1) is 0 Å². The minimum atomic E-state index is 0. The number of rotatable bonds is 2. The van der Waals surface area contributed by atoms with E-state index in [0.29, 0.717) is 12.3 Å². The summed E-state index contributed by atoms with van der Waals surface area (Å²) in [6.07, 6.45) is 2.58. The van der Waals surface area contributed by atoms with E-state index in [4.69, 9.17) is 10.5 Å². The van der Waals surface area contributed by atoms with E-state index < -0.39 is 0 Å². The summed E-state index contributed by atoms with van der Waals surface area (Å²) >= 11 is 0.331. The van der Waals surface area contributed by atoms with Crippen LogP contribution in [0.25, 0.3) is 0 Å². The largest absolute Gasteiger partial charge is 0.316 e. The predicted octanol–water partition coefficient (Wildman–Crippen LogP) is 0.542. The standard InChI is InChI=1S/C2N2O2S.Cu/c3-1-5-7-6-2-4;. The third-order valence-electron chi connectivity index (χ3n) is 0.143. The van der Waals surface area contributed by atoms with Crippen LogP contribution in [0.15, 0.2) is 0 Å². The van der Waals surface area contributed by atoms with Crippen molar-refractivity contribution in [2.45, 2.75) is 0 Å². The van der Waals surface area contributed by atoms with Gasteiger partial charge >= 0.3 is 24.8 Å². The maximum atomic E-state index is 7.61. The average Bonchev–Trinajstić information content (AvgIpc) is 1.69. The third kappa shape index (κ3) is 9.07. The molecule has 8 heavy (non-hydrogen) atoms. The molecule has 0 aliphatic heterocycles. The summed E-state index contributed by atoms with van der Waals surface area (Å²) in [4.78, 5) is 0. The Morgan fingerprint density at radius 3 is 1.75 bits per heavy atom. The average molecular weight is 180 g/mol. The van der Waals surface area contributed by atoms with Crippen LogP contribution in [0.4, 0.5) is 0 Å². The zero-order chi connectivity index (χ0) is 5.54. The van der Waals surface area contributed by atoms with Crippen molar-refractivity contribution in [3.8, 4) is 12.5 Å². The number of nitrogens with zero attached hydrogens (tertiary/aromatic N) is 2. The quantitative estimate of drug-likeness (QED) is 0.268. The first-order valence-electron chi connectivity index (χ1n) is 1.19. The molecule has 0 atom stereocenters. The van der Waals surface area contributed by atoms with Gasteiger partial charge in [-0.05, 0) is 0 Å². The Kier molecular flexibility index (Phi) is 12.6. The second kappa shape index (κ2) is 9.67. The number of hydrogen-bond donors (Lipinski definition) is 0. The summed E-state index contributed by atoms with van der Waals surface area (Å²) in [7, 11) is 0. The van der Waals surface area contributed by atoms with Gasteiger partial charge < -0.3 is 8.37 Å². The van der Waals surface area contributed by atoms with Gasteiger partial charge in [0, 0.05) is 17.1 Å². The molecule has 0 aliphatic carbocycles. The molecule has 0 amide bonds. The molecule has 0 aromatic heterocycles.